The van der Waals surface area contributed by atoms with E-state index in [1.165, 1.54) is 89.9 Å². The summed E-state index contributed by atoms with van der Waals surface area (Å²) in [6.45, 7) is 2.27. The van der Waals surface area contributed by atoms with E-state index in [-0.39, 0.29) is 17.1 Å². The zero-order chi connectivity index (χ0) is 17.2. The Morgan fingerprint density at radius 1 is 0.708 bits per heavy atom. The van der Waals surface area contributed by atoms with Gasteiger partial charge >= 0.3 is 5.97 Å². The van der Waals surface area contributed by atoms with E-state index in [0.717, 1.165) is 12.8 Å². The first-order valence-corrected chi connectivity index (χ1v) is 10.6. The van der Waals surface area contributed by atoms with Crippen LogP contribution in [0.1, 0.15) is 116 Å². The molecule has 1 atom stereocenters. The van der Waals surface area contributed by atoms with Crippen molar-refractivity contribution in [2.75, 3.05) is 0 Å². The molecule has 1 radical (unpaired) electrons. The van der Waals surface area contributed by atoms with Gasteiger partial charge in [-0.15, -0.1) is 0 Å². The van der Waals surface area contributed by atoms with Gasteiger partial charge in [-0.2, -0.15) is 12.6 Å². The standard InChI is InChI=1S/C20H40O2S.Cu/c1-2-3-4-5-6-7-8-9-10-11-12-13-14-15-16-17-18-19(23)20(21)22;/h19,23H,2-18H2,1H3,(H,21,22);. The number of hydrogen-bond donors (Lipinski definition) is 2. The van der Waals surface area contributed by atoms with E-state index in [9.17, 15) is 4.79 Å². The van der Waals surface area contributed by atoms with E-state index in [4.69, 9.17) is 5.11 Å². The normalized spacial score (nSPS) is 11.9. The number of carboxylic acid groups (broad SMARTS) is 1. The van der Waals surface area contributed by atoms with E-state index in [2.05, 4.69) is 19.6 Å². The number of rotatable bonds is 18. The third-order valence-corrected chi connectivity index (χ3v) is 5.10. The molecule has 0 amide bonds. The van der Waals surface area contributed by atoms with Gasteiger partial charge in [-0.25, -0.2) is 0 Å². The maximum Gasteiger partial charge on any atom is 0.316 e. The van der Waals surface area contributed by atoms with Crippen LogP contribution in [-0.4, -0.2) is 16.3 Å². The molecule has 4 heteroatoms. The van der Waals surface area contributed by atoms with Crippen molar-refractivity contribution in [1.82, 2.24) is 0 Å². The van der Waals surface area contributed by atoms with Crippen LogP contribution in [0.25, 0.3) is 0 Å². The van der Waals surface area contributed by atoms with Crippen LogP contribution in [0.4, 0.5) is 0 Å². The van der Waals surface area contributed by atoms with Crippen molar-refractivity contribution in [2.24, 2.45) is 0 Å². The molecule has 1 N–H and O–H groups in total. The average Bonchev–Trinajstić information content (AvgIpc) is 2.54. The molecule has 149 valence electrons. The Bertz CT molecular complexity index is 262. The van der Waals surface area contributed by atoms with Crippen molar-refractivity contribution in [3.8, 4) is 0 Å². The minimum atomic E-state index is -0.783. The van der Waals surface area contributed by atoms with Gasteiger partial charge in [0.1, 0.15) is 0 Å². The SMILES string of the molecule is CCCCCCCCCCCCCCCCCCC(S)C(=O)O.[Cu]. The van der Waals surface area contributed by atoms with Crippen molar-refractivity contribution < 1.29 is 27.0 Å². The van der Waals surface area contributed by atoms with Crippen LogP contribution in [0.5, 0.6) is 0 Å². The Morgan fingerprint density at radius 2 is 1.00 bits per heavy atom. The molecule has 0 aromatic heterocycles. The zero-order valence-electron chi connectivity index (χ0n) is 15.7. The van der Waals surface area contributed by atoms with Crippen molar-refractivity contribution >= 4 is 18.6 Å². The molecule has 0 aromatic rings. The largest absolute Gasteiger partial charge is 0.480 e. The second-order valence-electron chi connectivity index (χ2n) is 6.95. The minimum absolute atomic E-state index is 0. The van der Waals surface area contributed by atoms with Gasteiger partial charge in [0.05, 0.1) is 5.25 Å². The van der Waals surface area contributed by atoms with Crippen LogP contribution in [0, 0.1) is 0 Å². The molecule has 2 nitrogen and oxygen atoms in total. The van der Waals surface area contributed by atoms with Gasteiger partial charge in [-0.05, 0) is 6.42 Å². The molecular weight excluding hydrogens is 368 g/mol. The maximum absolute atomic E-state index is 10.6. The fraction of sp³-hybridized carbons (Fsp3) is 0.950. The predicted octanol–water partition coefficient (Wildman–Crippen LogP) is 7.02. The van der Waals surface area contributed by atoms with Gasteiger partial charge in [0, 0.05) is 17.1 Å². The molecule has 0 fully saturated rings. The third kappa shape index (κ3) is 20.4. The molecule has 0 saturated heterocycles. The molecule has 0 aliphatic heterocycles. The van der Waals surface area contributed by atoms with E-state index < -0.39 is 11.2 Å². The quantitative estimate of drug-likeness (QED) is 0.145. The molecule has 0 aliphatic rings. The van der Waals surface area contributed by atoms with Crippen molar-refractivity contribution in [3.63, 3.8) is 0 Å². The average molecular weight is 408 g/mol. The molecule has 0 aliphatic carbocycles. The Morgan fingerprint density at radius 3 is 1.29 bits per heavy atom. The molecule has 1 unspecified atom stereocenters. The molecule has 0 heterocycles. The Labute approximate surface area is 166 Å². The van der Waals surface area contributed by atoms with E-state index in [0.29, 0.717) is 6.42 Å². The van der Waals surface area contributed by atoms with Gasteiger partial charge in [-0.1, -0.05) is 110 Å². The summed E-state index contributed by atoms with van der Waals surface area (Å²) in [6, 6.07) is 0. The number of carbonyl (C=O) groups is 1. The third-order valence-electron chi connectivity index (χ3n) is 4.62. The molecule has 24 heavy (non-hydrogen) atoms. The van der Waals surface area contributed by atoms with Crippen LogP contribution in [0.15, 0.2) is 0 Å². The van der Waals surface area contributed by atoms with Crippen molar-refractivity contribution in [2.45, 2.75) is 121 Å². The second kappa shape index (κ2) is 21.4. The first-order valence-electron chi connectivity index (χ1n) is 10.1. The van der Waals surface area contributed by atoms with Gasteiger partial charge in [0.25, 0.3) is 0 Å². The number of aliphatic carboxylic acids is 1. The van der Waals surface area contributed by atoms with E-state index in [1.807, 2.05) is 0 Å². The smallest absolute Gasteiger partial charge is 0.316 e. The monoisotopic (exact) mass is 407 g/mol. The first-order chi connectivity index (χ1) is 11.2. The number of unbranched alkanes of at least 4 members (excludes halogenated alkanes) is 15. The molecular formula is C20H40CuO2S. The maximum atomic E-state index is 10.6. The van der Waals surface area contributed by atoms with Crippen molar-refractivity contribution in [3.05, 3.63) is 0 Å². The Kier molecular flexibility index (Phi) is 23.7. The first kappa shape index (κ1) is 26.6. The molecule has 0 bridgehead atoms. The van der Waals surface area contributed by atoms with Crippen molar-refractivity contribution in [1.29, 1.82) is 0 Å². The summed E-state index contributed by atoms with van der Waals surface area (Å²) >= 11 is 4.05. The predicted molar refractivity (Wildman–Crippen MR) is 105 cm³/mol. The van der Waals surface area contributed by atoms with Crippen LogP contribution < -0.4 is 0 Å². The number of thiol groups is 1. The van der Waals surface area contributed by atoms with Crippen LogP contribution in [0.3, 0.4) is 0 Å². The fourth-order valence-electron chi connectivity index (χ4n) is 3.01. The summed E-state index contributed by atoms with van der Waals surface area (Å²) in [4.78, 5) is 10.6. The minimum Gasteiger partial charge on any atom is -0.480 e. The van der Waals surface area contributed by atoms with Crippen LogP contribution in [-0.2, 0) is 21.9 Å². The Balaban J connectivity index is 0. The zero-order valence-corrected chi connectivity index (χ0v) is 17.5. The van der Waals surface area contributed by atoms with Gasteiger partial charge in [-0.3, -0.25) is 4.79 Å². The summed E-state index contributed by atoms with van der Waals surface area (Å²) in [6.07, 6.45) is 22.3. The van der Waals surface area contributed by atoms with Gasteiger partial charge < -0.3 is 5.11 Å². The summed E-state index contributed by atoms with van der Waals surface area (Å²) in [5.41, 5.74) is 0. The summed E-state index contributed by atoms with van der Waals surface area (Å²) in [5.74, 6) is -0.783. The molecule has 0 spiro atoms. The topological polar surface area (TPSA) is 37.3 Å². The van der Waals surface area contributed by atoms with Gasteiger partial charge in [0.15, 0.2) is 0 Å². The number of hydrogen-bond acceptors (Lipinski definition) is 2. The van der Waals surface area contributed by atoms with Gasteiger partial charge in [0.2, 0.25) is 0 Å². The van der Waals surface area contributed by atoms with E-state index in [1.54, 1.807) is 0 Å². The molecule has 0 rings (SSSR count). The fourth-order valence-corrected chi connectivity index (χ4v) is 3.19. The summed E-state index contributed by atoms with van der Waals surface area (Å²) in [5, 5.41) is 8.26. The summed E-state index contributed by atoms with van der Waals surface area (Å²) < 4.78 is 0. The van der Waals surface area contributed by atoms with Crippen LogP contribution >= 0.6 is 12.6 Å². The molecule has 0 saturated carbocycles. The number of carboxylic acids is 1. The van der Waals surface area contributed by atoms with Crippen LogP contribution in [0.2, 0.25) is 0 Å². The van der Waals surface area contributed by atoms with E-state index >= 15 is 0 Å². The molecule has 0 aromatic carbocycles. The Hall–Kier alpha value is 0.339. The summed E-state index contributed by atoms with van der Waals surface area (Å²) in [7, 11) is 0. The second-order valence-corrected chi connectivity index (χ2v) is 7.57.